The molecule has 0 aliphatic carbocycles. The van der Waals surface area contributed by atoms with Crippen LogP contribution in [-0.4, -0.2) is 23.9 Å². The Bertz CT molecular complexity index is 1220. The summed E-state index contributed by atoms with van der Waals surface area (Å²) >= 11 is 3.42. The number of ether oxygens (including phenoxy) is 3. The SMILES string of the molecule is COc1cc(-c2nnc(-c3cccc(COc4cccc(Br)c4)c3)o2)ccc1OC(F)F. The topological polar surface area (TPSA) is 66.6 Å². The van der Waals surface area contributed by atoms with Crippen LogP contribution in [0.5, 0.6) is 17.2 Å². The summed E-state index contributed by atoms with van der Waals surface area (Å²) in [7, 11) is 1.36. The summed E-state index contributed by atoms with van der Waals surface area (Å²) in [6.07, 6.45) is 0. The Labute approximate surface area is 190 Å². The minimum Gasteiger partial charge on any atom is -0.493 e. The van der Waals surface area contributed by atoms with Crippen molar-refractivity contribution in [2.24, 2.45) is 0 Å². The van der Waals surface area contributed by atoms with Crippen LogP contribution in [0.25, 0.3) is 22.9 Å². The zero-order valence-corrected chi connectivity index (χ0v) is 18.4. The second kappa shape index (κ2) is 9.78. The molecular formula is C23H17BrF2N2O4. The maximum Gasteiger partial charge on any atom is 0.387 e. The van der Waals surface area contributed by atoms with Gasteiger partial charge in [-0.2, -0.15) is 8.78 Å². The summed E-state index contributed by atoms with van der Waals surface area (Å²) < 4.78 is 47.2. The smallest absolute Gasteiger partial charge is 0.387 e. The molecule has 0 aliphatic rings. The molecule has 0 aliphatic heterocycles. The van der Waals surface area contributed by atoms with E-state index in [-0.39, 0.29) is 17.4 Å². The van der Waals surface area contributed by atoms with Gasteiger partial charge in [-0.15, -0.1) is 10.2 Å². The normalized spacial score (nSPS) is 10.9. The van der Waals surface area contributed by atoms with Gasteiger partial charge >= 0.3 is 6.61 Å². The Hall–Kier alpha value is -3.46. The Morgan fingerprint density at radius 1 is 0.906 bits per heavy atom. The largest absolute Gasteiger partial charge is 0.493 e. The van der Waals surface area contributed by atoms with Gasteiger partial charge in [0.1, 0.15) is 12.4 Å². The van der Waals surface area contributed by atoms with Crippen molar-refractivity contribution < 1.29 is 27.4 Å². The van der Waals surface area contributed by atoms with E-state index in [1.54, 1.807) is 6.07 Å². The second-order valence-corrected chi connectivity index (χ2v) is 7.52. The van der Waals surface area contributed by atoms with Crippen molar-refractivity contribution in [3.63, 3.8) is 0 Å². The number of methoxy groups -OCH3 is 1. The number of nitrogens with zero attached hydrogens (tertiary/aromatic N) is 2. The molecule has 1 aromatic heterocycles. The molecular weight excluding hydrogens is 486 g/mol. The van der Waals surface area contributed by atoms with Gasteiger partial charge in [0.2, 0.25) is 11.8 Å². The quantitative estimate of drug-likeness (QED) is 0.279. The third-order valence-electron chi connectivity index (χ3n) is 4.43. The van der Waals surface area contributed by atoms with E-state index >= 15 is 0 Å². The highest BCUT2D eigenvalue weighted by atomic mass is 79.9. The third-order valence-corrected chi connectivity index (χ3v) is 4.92. The van der Waals surface area contributed by atoms with Crippen LogP contribution in [0.2, 0.25) is 0 Å². The molecule has 0 saturated heterocycles. The van der Waals surface area contributed by atoms with E-state index in [0.29, 0.717) is 18.1 Å². The van der Waals surface area contributed by atoms with Crippen LogP contribution in [0, 0.1) is 0 Å². The van der Waals surface area contributed by atoms with Crippen molar-refractivity contribution in [2.75, 3.05) is 7.11 Å². The molecule has 4 rings (SSSR count). The molecule has 0 N–H and O–H groups in total. The molecule has 164 valence electrons. The first-order valence-electron chi connectivity index (χ1n) is 9.46. The fourth-order valence-electron chi connectivity index (χ4n) is 2.97. The van der Waals surface area contributed by atoms with Gasteiger partial charge in [0.15, 0.2) is 11.5 Å². The molecule has 0 saturated carbocycles. The van der Waals surface area contributed by atoms with Gasteiger partial charge in [-0.3, -0.25) is 0 Å². The number of hydrogen-bond donors (Lipinski definition) is 0. The fourth-order valence-corrected chi connectivity index (χ4v) is 3.35. The molecule has 0 amide bonds. The first-order chi connectivity index (χ1) is 15.5. The predicted octanol–water partition coefficient (Wildman–Crippen LogP) is 6.36. The molecule has 4 aromatic rings. The van der Waals surface area contributed by atoms with Crippen LogP contribution in [0.3, 0.4) is 0 Å². The molecule has 6 nitrogen and oxygen atoms in total. The highest BCUT2D eigenvalue weighted by Crippen LogP contribution is 2.34. The molecule has 0 atom stereocenters. The van der Waals surface area contributed by atoms with Gasteiger partial charge in [-0.1, -0.05) is 34.1 Å². The minimum atomic E-state index is -2.95. The maximum absolute atomic E-state index is 12.5. The Kier molecular flexibility index (Phi) is 6.65. The van der Waals surface area contributed by atoms with Gasteiger partial charge < -0.3 is 18.6 Å². The van der Waals surface area contributed by atoms with Crippen LogP contribution in [0.1, 0.15) is 5.56 Å². The zero-order chi connectivity index (χ0) is 22.5. The summed E-state index contributed by atoms with van der Waals surface area (Å²) in [5.74, 6) is 1.34. The zero-order valence-electron chi connectivity index (χ0n) is 16.8. The Morgan fingerprint density at radius 2 is 1.66 bits per heavy atom. The number of rotatable bonds is 8. The number of alkyl halides is 2. The van der Waals surface area contributed by atoms with E-state index in [0.717, 1.165) is 21.3 Å². The van der Waals surface area contributed by atoms with E-state index in [9.17, 15) is 8.78 Å². The monoisotopic (exact) mass is 502 g/mol. The standard InChI is InChI=1S/C23H17BrF2N2O4/c1-29-20-11-16(8-9-19(20)31-23(25)26)22-28-27-21(32-22)15-5-2-4-14(10-15)13-30-18-7-3-6-17(24)12-18/h2-12,23H,13H2,1H3. The van der Waals surface area contributed by atoms with Gasteiger partial charge in [-0.25, -0.2) is 0 Å². The molecule has 32 heavy (non-hydrogen) atoms. The summed E-state index contributed by atoms with van der Waals surface area (Å²) in [6.45, 7) is -2.59. The van der Waals surface area contributed by atoms with Crippen molar-refractivity contribution in [1.29, 1.82) is 0 Å². The van der Waals surface area contributed by atoms with Crippen LogP contribution >= 0.6 is 15.9 Å². The van der Waals surface area contributed by atoms with Crippen molar-refractivity contribution in [1.82, 2.24) is 10.2 Å². The third kappa shape index (κ3) is 5.23. The molecule has 0 fully saturated rings. The van der Waals surface area contributed by atoms with Crippen molar-refractivity contribution >= 4 is 15.9 Å². The summed E-state index contributed by atoms with van der Waals surface area (Å²) in [5, 5.41) is 8.17. The van der Waals surface area contributed by atoms with Gasteiger partial charge in [0, 0.05) is 15.6 Å². The molecule has 0 unspecified atom stereocenters. The molecule has 3 aromatic carbocycles. The highest BCUT2D eigenvalue weighted by molar-refractivity contribution is 9.10. The molecule has 0 radical (unpaired) electrons. The van der Waals surface area contributed by atoms with Crippen LogP contribution in [0.4, 0.5) is 8.78 Å². The average Bonchev–Trinajstić information content (AvgIpc) is 3.28. The Balaban J connectivity index is 1.52. The number of aromatic nitrogens is 2. The minimum absolute atomic E-state index is 0.0795. The first kappa shape index (κ1) is 21.8. The summed E-state index contributed by atoms with van der Waals surface area (Å²) in [5.41, 5.74) is 2.16. The highest BCUT2D eigenvalue weighted by Gasteiger charge is 2.16. The number of benzene rings is 3. The van der Waals surface area contributed by atoms with Gasteiger partial charge in [0.25, 0.3) is 0 Å². The summed E-state index contributed by atoms with van der Waals surface area (Å²) in [4.78, 5) is 0. The average molecular weight is 503 g/mol. The van der Waals surface area contributed by atoms with Gasteiger partial charge in [-0.05, 0) is 54.1 Å². The Morgan fingerprint density at radius 3 is 2.38 bits per heavy atom. The molecule has 0 bridgehead atoms. The molecule has 1 heterocycles. The first-order valence-corrected chi connectivity index (χ1v) is 10.3. The van der Waals surface area contributed by atoms with E-state index < -0.39 is 6.61 Å². The van der Waals surface area contributed by atoms with Crippen LogP contribution in [-0.2, 0) is 6.61 Å². The van der Waals surface area contributed by atoms with Gasteiger partial charge in [0.05, 0.1) is 7.11 Å². The van der Waals surface area contributed by atoms with E-state index in [1.807, 2.05) is 48.5 Å². The van der Waals surface area contributed by atoms with E-state index in [2.05, 4.69) is 30.9 Å². The predicted molar refractivity (Wildman–Crippen MR) is 117 cm³/mol. The van der Waals surface area contributed by atoms with E-state index in [1.165, 1.54) is 19.2 Å². The molecule has 9 heteroatoms. The lowest BCUT2D eigenvalue weighted by atomic mass is 10.1. The second-order valence-electron chi connectivity index (χ2n) is 6.60. The van der Waals surface area contributed by atoms with Crippen molar-refractivity contribution in [2.45, 2.75) is 13.2 Å². The summed E-state index contributed by atoms with van der Waals surface area (Å²) in [6, 6.07) is 19.6. The lowest BCUT2D eigenvalue weighted by molar-refractivity contribution is -0.0512. The maximum atomic E-state index is 12.5. The van der Waals surface area contributed by atoms with E-state index in [4.69, 9.17) is 13.9 Å². The van der Waals surface area contributed by atoms with Crippen molar-refractivity contribution in [3.8, 4) is 40.2 Å². The van der Waals surface area contributed by atoms with Crippen molar-refractivity contribution in [3.05, 3.63) is 76.8 Å². The number of hydrogen-bond acceptors (Lipinski definition) is 6. The lowest BCUT2D eigenvalue weighted by Crippen LogP contribution is -2.03. The van der Waals surface area contributed by atoms with Crippen LogP contribution in [0.15, 0.2) is 75.6 Å². The molecule has 0 spiro atoms. The lowest BCUT2D eigenvalue weighted by Gasteiger charge is -2.10. The van der Waals surface area contributed by atoms with Crippen LogP contribution < -0.4 is 14.2 Å². The fraction of sp³-hybridized carbons (Fsp3) is 0.130. The number of halogens is 3.